The molecule has 0 spiro atoms. The zero-order chi connectivity index (χ0) is 15.4. The lowest BCUT2D eigenvalue weighted by Crippen LogP contribution is -2.15. The van der Waals surface area contributed by atoms with Crippen molar-refractivity contribution >= 4 is 39.5 Å². The molecule has 1 N–H and O–H groups in total. The summed E-state index contributed by atoms with van der Waals surface area (Å²) in [7, 11) is 4.12. The summed E-state index contributed by atoms with van der Waals surface area (Å²) >= 11 is 2.31. The monoisotopic (exact) mass is 400 g/mol. The number of carbonyl (C=O) groups excluding carboxylic acids is 1. The van der Waals surface area contributed by atoms with Crippen molar-refractivity contribution in [2.24, 2.45) is 0 Å². The molecule has 114 valence electrons. The van der Waals surface area contributed by atoms with Crippen LogP contribution in [0.1, 0.15) is 25.3 Å². The van der Waals surface area contributed by atoms with Crippen LogP contribution in [0.25, 0.3) is 10.9 Å². The van der Waals surface area contributed by atoms with E-state index in [1.807, 2.05) is 25.1 Å². The van der Waals surface area contributed by atoms with Crippen molar-refractivity contribution in [2.45, 2.75) is 26.2 Å². The third-order valence-corrected chi connectivity index (χ3v) is 4.25. The number of esters is 1. The van der Waals surface area contributed by atoms with Gasteiger partial charge in [0.05, 0.1) is 9.22 Å². The fraction of sp³-hybridized carbons (Fsp3) is 0.438. The van der Waals surface area contributed by atoms with Crippen molar-refractivity contribution in [1.29, 1.82) is 0 Å². The molecule has 0 aliphatic heterocycles. The number of carbonyl (C=O) groups is 1. The van der Waals surface area contributed by atoms with Crippen LogP contribution in [0.2, 0.25) is 0 Å². The van der Waals surface area contributed by atoms with Gasteiger partial charge in [0.25, 0.3) is 0 Å². The van der Waals surface area contributed by atoms with E-state index in [0.717, 1.165) is 34.0 Å². The maximum atomic E-state index is 11.8. The SMILES string of the molecule is CCCC(=O)Oc1cccc2[nH]c(I)c(CCN(C)C)c12. The molecule has 0 atom stereocenters. The largest absolute Gasteiger partial charge is 0.426 e. The summed E-state index contributed by atoms with van der Waals surface area (Å²) < 4.78 is 6.67. The van der Waals surface area contributed by atoms with Crippen LogP contribution in [-0.2, 0) is 11.2 Å². The van der Waals surface area contributed by atoms with Crippen molar-refractivity contribution in [2.75, 3.05) is 20.6 Å². The van der Waals surface area contributed by atoms with Gasteiger partial charge in [-0.15, -0.1) is 0 Å². The van der Waals surface area contributed by atoms with E-state index in [1.165, 1.54) is 5.56 Å². The Morgan fingerprint density at radius 3 is 2.81 bits per heavy atom. The number of rotatable bonds is 6. The number of benzene rings is 1. The van der Waals surface area contributed by atoms with Gasteiger partial charge in [0, 0.05) is 18.4 Å². The second-order valence-electron chi connectivity index (χ2n) is 5.37. The minimum Gasteiger partial charge on any atom is -0.426 e. The van der Waals surface area contributed by atoms with Gasteiger partial charge in [-0.3, -0.25) is 4.79 Å². The average Bonchev–Trinajstić information content (AvgIpc) is 2.73. The van der Waals surface area contributed by atoms with E-state index >= 15 is 0 Å². The summed E-state index contributed by atoms with van der Waals surface area (Å²) in [6, 6.07) is 5.81. The number of hydrogen-bond acceptors (Lipinski definition) is 3. The molecule has 4 nitrogen and oxygen atoms in total. The molecule has 0 aliphatic carbocycles. The van der Waals surface area contributed by atoms with Gasteiger partial charge in [-0.25, -0.2) is 0 Å². The van der Waals surface area contributed by atoms with Crippen molar-refractivity contribution < 1.29 is 9.53 Å². The molecular formula is C16H21IN2O2. The standard InChI is InChI=1S/C16H21IN2O2/c1-4-6-14(20)21-13-8-5-7-12-15(13)11(16(17)18-12)9-10-19(2)3/h5,7-8,18H,4,6,9-10H2,1-3H3. The van der Waals surface area contributed by atoms with Gasteiger partial charge in [0.15, 0.2) is 0 Å². The second kappa shape index (κ2) is 7.26. The Balaban J connectivity index is 2.38. The van der Waals surface area contributed by atoms with E-state index in [2.05, 4.69) is 46.6 Å². The first-order valence-electron chi connectivity index (χ1n) is 7.17. The number of hydrogen-bond donors (Lipinski definition) is 1. The second-order valence-corrected chi connectivity index (χ2v) is 6.45. The summed E-state index contributed by atoms with van der Waals surface area (Å²) in [4.78, 5) is 17.3. The lowest BCUT2D eigenvalue weighted by Gasteiger charge is -2.10. The number of aromatic amines is 1. The maximum absolute atomic E-state index is 11.8. The Morgan fingerprint density at radius 2 is 2.14 bits per heavy atom. The quantitative estimate of drug-likeness (QED) is 0.458. The molecule has 2 rings (SSSR count). The zero-order valence-electron chi connectivity index (χ0n) is 12.7. The molecule has 0 amide bonds. The number of nitrogens with one attached hydrogen (secondary N) is 1. The Morgan fingerprint density at radius 1 is 1.38 bits per heavy atom. The van der Waals surface area contributed by atoms with Crippen molar-refractivity contribution in [3.05, 3.63) is 27.5 Å². The third kappa shape index (κ3) is 3.97. The Bertz CT molecular complexity index is 634. The highest BCUT2D eigenvalue weighted by atomic mass is 127. The summed E-state index contributed by atoms with van der Waals surface area (Å²) in [5, 5.41) is 1.04. The van der Waals surface area contributed by atoms with Gasteiger partial charge in [0.2, 0.25) is 0 Å². The van der Waals surface area contributed by atoms with Gasteiger partial charge in [0.1, 0.15) is 5.75 Å². The molecule has 0 radical (unpaired) electrons. The summed E-state index contributed by atoms with van der Waals surface area (Å²) in [5.74, 6) is 0.499. The predicted octanol–water partition coefficient (Wildman–Crippen LogP) is 3.58. The number of ether oxygens (including phenoxy) is 1. The molecule has 1 aromatic heterocycles. The molecule has 0 unspecified atom stereocenters. The predicted molar refractivity (Wildman–Crippen MR) is 93.8 cm³/mol. The Labute approximate surface area is 139 Å². The van der Waals surface area contributed by atoms with E-state index in [9.17, 15) is 4.79 Å². The van der Waals surface area contributed by atoms with Crippen LogP contribution in [0.4, 0.5) is 0 Å². The van der Waals surface area contributed by atoms with Crippen LogP contribution < -0.4 is 4.74 Å². The van der Waals surface area contributed by atoms with Crippen molar-refractivity contribution in [3.8, 4) is 5.75 Å². The van der Waals surface area contributed by atoms with Gasteiger partial charge >= 0.3 is 5.97 Å². The molecule has 0 aliphatic rings. The lowest BCUT2D eigenvalue weighted by atomic mass is 10.1. The van der Waals surface area contributed by atoms with E-state index in [1.54, 1.807) is 0 Å². The van der Waals surface area contributed by atoms with Gasteiger partial charge in [-0.2, -0.15) is 0 Å². The molecule has 0 bridgehead atoms. The first-order valence-corrected chi connectivity index (χ1v) is 8.25. The molecular weight excluding hydrogens is 379 g/mol. The van der Waals surface area contributed by atoms with Crippen LogP contribution in [-0.4, -0.2) is 36.5 Å². The van der Waals surface area contributed by atoms with E-state index in [0.29, 0.717) is 12.2 Å². The number of likely N-dealkylation sites (N-methyl/N-ethyl adjacent to an activating group) is 1. The summed E-state index contributed by atoms with van der Waals surface area (Å²) in [6.07, 6.45) is 2.17. The Hall–Kier alpha value is -1.08. The molecule has 1 heterocycles. The van der Waals surface area contributed by atoms with Crippen LogP contribution >= 0.6 is 22.6 Å². The average molecular weight is 400 g/mol. The van der Waals surface area contributed by atoms with E-state index in [4.69, 9.17) is 4.74 Å². The third-order valence-electron chi connectivity index (χ3n) is 3.32. The minimum absolute atomic E-state index is 0.167. The smallest absolute Gasteiger partial charge is 0.311 e. The highest BCUT2D eigenvalue weighted by Crippen LogP contribution is 2.32. The summed E-state index contributed by atoms with van der Waals surface area (Å²) in [6.45, 7) is 2.93. The molecule has 0 fully saturated rings. The topological polar surface area (TPSA) is 45.3 Å². The molecule has 21 heavy (non-hydrogen) atoms. The molecule has 5 heteroatoms. The van der Waals surface area contributed by atoms with E-state index < -0.39 is 0 Å². The van der Waals surface area contributed by atoms with Gasteiger partial charge < -0.3 is 14.6 Å². The Kier molecular flexibility index (Phi) is 5.64. The van der Waals surface area contributed by atoms with Crippen molar-refractivity contribution in [1.82, 2.24) is 9.88 Å². The van der Waals surface area contributed by atoms with Crippen LogP contribution in [0.15, 0.2) is 18.2 Å². The van der Waals surface area contributed by atoms with E-state index in [-0.39, 0.29) is 5.97 Å². The van der Waals surface area contributed by atoms with Gasteiger partial charge in [-0.05, 0) is 67.2 Å². The van der Waals surface area contributed by atoms with Crippen LogP contribution in [0.3, 0.4) is 0 Å². The number of halogens is 1. The molecule has 1 aromatic carbocycles. The number of nitrogens with zero attached hydrogens (tertiary/aromatic N) is 1. The molecule has 2 aromatic rings. The fourth-order valence-electron chi connectivity index (χ4n) is 2.28. The van der Waals surface area contributed by atoms with Gasteiger partial charge in [-0.1, -0.05) is 13.0 Å². The van der Waals surface area contributed by atoms with Crippen LogP contribution in [0, 0.1) is 3.70 Å². The highest BCUT2D eigenvalue weighted by molar-refractivity contribution is 14.1. The number of aromatic nitrogens is 1. The lowest BCUT2D eigenvalue weighted by molar-refractivity contribution is -0.134. The fourth-order valence-corrected chi connectivity index (χ4v) is 3.11. The minimum atomic E-state index is -0.167. The maximum Gasteiger partial charge on any atom is 0.311 e. The summed E-state index contributed by atoms with van der Waals surface area (Å²) in [5.41, 5.74) is 2.24. The van der Waals surface area contributed by atoms with Crippen molar-refractivity contribution in [3.63, 3.8) is 0 Å². The highest BCUT2D eigenvalue weighted by Gasteiger charge is 2.16. The number of fused-ring (bicyclic) bond motifs is 1. The first kappa shape index (κ1) is 16.3. The molecule has 0 saturated carbocycles. The molecule has 0 saturated heterocycles. The first-order chi connectivity index (χ1) is 10.0. The normalized spacial score (nSPS) is 11.3. The zero-order valence-corrected chi connectivity index (χ0v) is 14.9. The number of H-pyrrole nitrogens is 1. The van der Waals surface area contributed by atoms with Crippen LogP contribution in [0.5, 0.6) is 5.75 Å².